The zero-order valence-electron chi connectivity index (χ0n) is 18.2. The molecule has 0 saturated heterocycles. The van der Waals surface area contributed by atoms with E-state index in [1.165, 1.54) is 22.9 Å². The number of ether oxygens (including phenoxy) is 1. The van der Waals surface area contributed by atoms with Crippen LogP contribution in [-0.4, -0.2) is 33.1 Å². The molecule has 2 aromatic carbocycles. The fourth-order valence-electron chi connectivity index (χ4n) is 3.40. The number of carbonyl (C=O) groups excluding carboxylic acids is 1. The number of rotatable bonds is 7. The highest BCUT2D eigenvalue weighted by atomic mass is 35.5. The summed E-state index contributed by atoms with van der Waals surface area (Å²) in [6, 6.07) is 6.65. The van der Waals surface area contributed by atoms with Gasteiger partial charge in [-0.3, -0.25) is 9.48 Å². The van der Waals surface area contributed by atoms with Crippen LogP contribution in [0.15, 0.2) is 36.4 Å². The minimum absolute atomic E-state index is 0.0469. The van der Waals surface area contributed by atoms with Gasteiger partial charge in [-0.1, -0.05) is 17.7 Å². The number of nitrogens with zero attached hydrogens (tertiary/aromatic N) is 2. The van der Waals surface area contributed by atoms with E-state index in [1.54, 1.807) is 0 Å². The third kappa shape index (κ3) is 5.25. The molecule has 0 bridgehead atoms. The van der Waals surface area contributed by atoms with E-state index in [1.807, 2.05) is 0 Å². The maximum absolute atomic E-state index is 15.3. The lowest BCUT2D eigenvalue weighted by Crippen LogP contribution is -2.32. The maximum atomic E-state index is 15.3. The number of benzene rings is 2. The van der Waals surface area contributed by atoms with E-state index in [4.69, 9.17) is 16.3 Å². The molecule has 4 rings (SSSR count). The van der Waals surface area contributed by atoms with Crippen molar-refractivity contribution >= 4 is 23.2 Å². The van der Waals surface area contributed by atoms with Crippen LogP contribution in [0.2, 0.25) is 5.02 Å². The van der Waals surface area contributed by atoms with Crippen molar-refractivity contribution in [3.8, 4) is 17.0 Å². The van der Waals surface area contributed by atoms with Gasteiger partial charge in [0.05, 0.1) is 40.3 Å². The lowest BCUT2D eigenvalue weighted by molar-refractivity contribution is -0.189. The molecule has 0 radical (unpaired) electrons. The molecule has 1 fully saturated rings. The summed E-state index contributed by atoms with van der Waals surface area (Å²) >= 11 is 5.91. The van der Waals surface area contributed by atoms with Crippen LogP contribution in [0, 0.1) is 11.6 Å². The number of aliphatic hydroxyl groups excluding tert-OH is 1. The van der Waals surface area contributed by atoms with Crippen LogP contribution in [0.1, 0.15) is 41.9 Å². The fraction of sp³-hybridized carbons (Fsp3) is 0.304. The van der Waals surface area contributed by atoms with Crippen molar-refractivity contribution in [2.75, 3.05) is 5.32 Å². The number of hydrogen-bond donors (Lipinski definition) is 2. The van der Waals surface area contributed by atoms with E-state index in [-0.39, 0.29) is 28.0 Å². The Labute approximate surface area is 201 Å². The molecular weight excluding hydrogens is 497 g/mol. The summed E-state index contributed by atoms with van der Waals surface area (Å²) in [6.45, 7) is 0.309. The predicted octanol–water partition coefficient (Wildman–Crippen LogP) is 5.89. The summed E-state index contributed by atoms with van der Waals surface area (Å²) in [5.41, 5.74) is -0.732. The van der Waals surface area contributed by atoms with Crippen molar-refractivity contribution in [3.63, 3.8) is 0 Å². The Morgan fingerprint density at radius 2 is 1.97 bits per heavy atom. The third-order valence-corrected chi connectivity index (χ3v) is 5.71. The highest BCUT2D eigenvalue weighted by Crippen LogP contribution is 2.41. The number of amides is 1. The molecule has 1 heterocycles. The summed E-state index contributed by atoms with van der Waals surface area (Å²) in [6.07, 6.45) is -5.60. The number of alkyl halides is 3. The summed E-state index contributed by atoms with van der Waals surface area (Å²) in [5.74, 6) is -3.55. The van der Waals surface area contributed by atoms with Gasteiger partial charge in [-0.05, 0) is 50.1 Å². The van der Waals surface area contributed by atoms with Crippen molar-refractivity contribution in [2.24, 2.45) is 0 Å². The van der Waals surface area contributed by atoms with E-state index in [0.29, 0.717) is 6.07 Å². The van der Waals surface area contributed by atoms with E-state index < -0.39 is 53.4 Å². The molecule has 1 aliphatic carbocycles. The molecular formula is C23H19ClF5N3O3. The Balaban J connectivity index is 1.80. The number of nitrogens with one attached hydrogen (secondary N) is 1. The molecule has 6 nitrogen and oxygen atoms in total. The van der Waals surface area contributed by atoms with Crippen molar-refractivity contribution in [1.82, 2.24) is 9.78 Å². The van der Waals surface area contributed by atoms with Crippen LogP contribution in [0.4, 0.5) is 27.6 Å². The van der Waals surface area contributed by atoms with Crippen LogP contribution in [0.3, 0.4) is 0 Å². The lowest BCUT2D eigenvalue weighted by atomic mass is 10.0. The van der Waals surface area contributed by atoms with Gasteiger partial charge in [0, 0.05) is 5.56 Å². The van der Waals surface area contributed by atoms with Crippen LogP contribution < -0.4 is 10.1 Å². The first-order chi connectivity index (χ1) is 16.5. The number of aromatic nitrogens is 2. The van der Waals surface area contributed by atoms with Gasteiger partial charge in [-0.15, -0.1) is 0 Å². The average Bonchev–Trinajstić information content (AvgIpc) is 3.55. The molecule has 1 unspecified atom stereocenters. The molecule has 35 heavy (non-hydrogen) atoms. The topological polar surface area (TPSA) is 76.4 Å². The fourth-order valence-corrected chi connectivity index (χ4v) is 3.61. The molecule has 2 N–H and O–H groups in total. The quantitative estimate of drug-likeness (QED) is 0.385. The first-order valence-corrected chi connectivity index (χ1v) is 10.9. The summed E-state index contributed by atoms with van der Waals surface area (Å²) in [5, 5.41) is 15.7. The van der Waals surface area contributed by atoms with E-state index in [0.717, 1.165) is 31.9 Å². The Morgan fingerprint density at radius 3 is 2.57 bits per heavy atom. The molecule has 1 amide bonds. The maximum Gasteiger partial charge on any atom is 0.425 e. The normalized spacial score (nSPS) is 14.6. The lowest BCUT2D eigenvalue weighted by Gasteiger charge is -2.21. The second-order valence-electron chi connectivity index (χ2n) is 8.04. The standard InChI is InChI=1S/C23H19ClF5N3O3/c1-11(23(27,28)29)35-20-9-14(19-7-12(10-33)31-32(19)13-5-6-13)18(26)8-15(20)22(34)30-21-16(24)3-2-4-17(21)25/h2-4,7-9,11,13,33H,5-6,10H2,1H3,(H,30,34). The molecule has 1 saturated carbocycles. The number of carbonyl (C=O) groups is 1. The third-order valence-electron chi connectivity index (χ3n) is 5.40. The van der Waals surface area contributed by atoms with Gasteiger partial charge in [0.1, 0.15) is 17.4 Å². The van der Waals surface area contributed by atoms with Crippen LogP contribution >= 0.6 is 11.6 Å². The van der Waals surface area contributed by atoms with E-state index in [2.05, 4.69) is 10.4 Å². The Kier molecular flexibility index (Phi) is 6.74. The Hall–Kier alpha value is -3.18. The Morgan fingerprint density at radius 1 is 1.26 bits per heavy atom. The van der Waals surface area contributed by atoms with Crippen LogP contribution in [-0.2, 0) is 6.61 Å². The summed E-state index contributed by atoms with van der Waals surface area (Å²) in [4.78, 5) is 12.9. The minimum Gasteiger partial charge on any atom is -0.480 e. The van der Waals surface area contributed by atoms with Gasteiger partial charge >= 0.3 is 6.18 Å². The molecule has 1 aliphatic rings. The van der Waals surface area contributed by atoms with Crippen molar-refractivity contribution < 1.29 is 36.6 Å². The van der Waals surface area contributed by atoms with E-state index in [9.17, 15) is 27.5 Å². The zero-order chi connectivity index (χ0) is 25.5. The highest BCUT2D eigenvalue weighted by Gasteiger charge is 2.39. The second-order valence-corrected chi connectivity index (χ2v) is 8.44. The zero-order valence-corrected chi connectivity index (χ0v) is 18.9. The number of aliphatic hydroxyl groups is 1. The van der Waals surface area contributed by atoms with Crippen LogP contribution in [0.25, 0.3) is 11.3 Å². The van der Waals surface area contributed by atoms with Gasteiger partial charge in [-0.25, -0.2) is 8.78 Å². The molecule has 1 atom stereocenters. The summed E-state index contributed by atoms with van der Waals surface area (Å²) in [7, 11) is 0. The van der Waals surface area contributed by atoms with Gasteiger partial charge < -0.3 is 15.2 Å². The molecule has 186 valence electrons. The number of anilines is 1. The monoisotopic (exact) mass is 515 g/mol. The van der Waals surface area contributed by atoms with Gasteiger partial charge in [0.25, 0.3) is 5.91 Å². The Bertz CT molecular complexity index is 1250. The molecule has 0 aliphatic heterocycles. The first-order valence-electron chi connectivity index (χ1n) is 10.5. The second kappa shape index (κ2) is 9.46. The smallest absolute Gasteiger partial charge is 0.425 e. The van der Waals surface area contributed by atoms with E-state index >= 15 is 4.39 Å². The SMILES string of the molecule is CC(Oc1cc(-c2cc(CO)nn2C2CC2)c(F)cc1C(=O)Nc1c(F)cccc1Cl)C(F)(F)F. The number of hydrogen-bond acceptors (Lipinski definition) is 4. The first kappa shape index (κ1) is 24.9. The molecule has 12 heteroatoms. The van der Waals surface area contributed by atoms with Gasteiger partial charge in [0.2, 0.25) is 0 Å². The van der Waals surface area contributed by atoms with Crippen molar-refractivity contribution in [1.29, 1.82) is 0 Å². The van der Waals surface area contributed by atoms with Crippen LogP contribution in [0.5, 0.6) is 5.75 Å². The predicted molar refractivity (Wildman–Crippen MR) is 117 cm³/mol. The van der Waals surface area contributed by atoms with Crippen molar-refractivity contribution in [3.05, 3.63) is 64.3 Å². The largest absolute Gasteiger partial charge is 0.480 e. The molecule has 3 aromatic rings. The molecule has 1 aromatic heterocycles. The molecule has 0 spiro atoms. The van der Waals surface area contributed by atoms with Gasteiger partial charge in [0.15, 0.2) is 6.10 Å². The highest BCUT2D eigenvalue weighted by molar-refractivity contribution is 6.34. The van der Waals surface area contributed by atoms with Gasteiger partial charge in [-0.2, -0.15) is 18.3 Å². The number of halogens is 6. The van der Waals surface area contributed by atoms with Crippen molar-refractivity contribution in [2.45, 2.75) is 44.7 Å². The minimum atomic E-state index is -4.78. The average molecular weight is 516 g/mol. The number of para-hydroxylation sites is 1. The summed E-state index contributed by atoms with van der Waals surface area (Å²) < 4.78 is 75.6.